The highest BCUT2D eigenvalue weighted by Crippen LogP contribution is 2.39. The minimum atomic E-state index is -0.0997. The third-order valence-electron chi connectivity index (χ3n) is 5.29. The Morgan fingerprint density at radius 1 is 1.14 bits per heavy atom. The van der Waals surface area contributed by atoms with Crippen molar-refractivity contribution in [2.45, 2.75) is 32.1 Å². The number of carbonyl (C=O) groups excluding carboxylic acids is 2. The molecule has 4 rings (SSSR count). The highest BCUT2D eigenvalue weighted by atomic mass is 16.5. The van der Waals surface area contributed by atoms with Gasteiger partial charge in [-0.1, -0.05) is 31.5 Å². The first-order chi connectivity index (χ1) is 13.7. The van der Waals surface area contributed by atoms with Crippen LogP contribution >= 0.6 is 0 Å². The lowest BCUT2D eigenvalue weighted by Gasteiger charge is -2.27. The molecule has 2 aliphatic rings. The van der Waals surface area contributed by atoms with E-state index in [-0.39, 0.29) is 17.9 Å². The van der Waals surface area contributed by atoms with Crippen molar-refractivity contribution in [3.63, 3.8) is 0 Å². The molecule has 0 aliphatic carbocycles. The van der Waals surface area contributed by atoms with Gasteiger partial charge in [0.05, 0.1) is 6.61 Å². The van der Waals surface area contributed by atoms with E-state index >= 15 is 0 Å². The molecule has 2 aromatic rings. The summed E-state index contributed by atoms with van der Waals surface area (Å²) in [6.07, 6.45) is 2.55. The van der Waals surface area contributed by atoms with E-state index in [1.807, 2.05) is 42.5 Å². The molecule has 28 heavy (non-hydrogen) atoms. The molecule has 2 aliphatic heterocycles. The second-order valence-corrected chi connectivity index (χ2v) is 7.23. The van der Waals surface area contributed by atoms with Crippen LogP contribution in [0.1, 0.15) is 43.2 Å². The number of nitrogens with one attached hydrogen (secondary N) is 2. The summed E-state index contributed by atoms with van der Waals surface area (Å²) in [5, 5.41) is 5.76. The van der Waals surface area contributed by atoms with Crippen LogP contribution in [0.25, 0.3) is 0 Å². The van der Waals surface area contributed by atoms with Gasteiger partial charge < -0.3 is 15.4 Å². The first-order valence-electron chi connectivity index (χ1n) is 9.87. The zero-order valence-electron chi connectivity index (χ0n) is 16.0. The average Bonchev–Trinajstić information content (AvgIpc) is 3.13. The van der Waals surface area contributed by atoms with Gasteiger partial charge in [0, 0.05) is 36.8 Å². The number of amides is 3. The van der Waals surface area contributed by atoms with Gasteiger partial charge in [0.1, 0.15) is 5.75 Å². The van der Waals surface area contributed by atoms with E-state index in [0.717, 1.165) is 47.7 Å². The number of fused-ring (bicyclic) bond motifs is 1. The summed E-state index contributed by atoms with van der Waals surface area (Å²) in [6, 6.07) is 13.8. The van der Waals surface area contributed by atoms with Crippen LogP contribution in [0.4, 0.5) is 16.2 Å². The quantitative estimate of drug-likeness (QED) is 0.749. The van der Waals surface area contributed by atoms with Crippen LogP contribution in [0.3, 0.4) is 0 Å². The first-order valence-corrected chi connectivity index (χ1v) is 9.87. The molecule has 1 atom stereocenters. The smallest absolute Gasteiger partial charge is 0.321 e. The highest BCUT2D eigenvalue weighted by molar-refractivity contribution is 5.98. The number of carbonyl (C=O) groups is 2. The molecule has 3 amide bonds. The fourth-order valence-corrected chi connectivity index (χ4v) is 3.77. The lowest BCUT2D eigenvalue weighted by Crippen LogP contribution is -2.28. The Balaban J connectivity index is 1.58. The summed E-state index contributed by atoms with van der Waals surface area (Å²) in [5.74, 6) is 0.840. The van der Waals surface area contributed by atoms with Crippen LogP contribution in [-0.4, -0.2) is 31.6 Å². The molecule has 1 fully saturated rings. The lowest BCUT2D eigenvalue weighted by atomic mass is 9.84. The van der Waals surface area contributed by atoms with Gasteiger partial charge in [0.25, 0.3) is 0 Å². The molecule has 0 aromatic heterocycles. The molecule has 146 valence electrons. The van der Waals surface area contributed by atoms with E-state index in [9.17, 15) is 9.59 Å². The predicted octanol–water partition coefficient (Wildman–Crippen LogP) is 3.87. The zero-order valence-corrected chi connectivity index (χ0v) is 16.0. The largest absolute Gasteiger partial charge is 0.494 e. The fraction of sp³-hybridized carbons (Fsp3) is 0.364. The molecular weight excluding hydrogens is 354 g/mol. The van der Waals surface area contributed by atoms with Crippen molar-refractivity contribution in [3.8, 4) is 5.75 Å². The molecule has 0 bridgehead atoms. The second-order valence-electron chi connectivity index (χ2n) is 7.23. The topological polar surface area (TPSA) is 70.7 Å². The van der Waals surface area contributed by atoms with Crippen LogP contribution in [0.5, 0.6) is 5.75 Å². The van der Waals surface area contributed by atoms with Crippen molar-refractivity contribution in [1.29, 1.82) is 0 Å². The van der Waals surface area contributed by atoms with E-state index in [1.165, 1.54) is 0 Å². The Kier molecular flexibility index (Phi) is 5.19. The van der Waals surface area contributed by atoms with Gasteiger partial charge in [0.15, 0.2) is 0 Å². The molecule has 1 saturated heterocycles. The number of rotatable bonds is 6. The summed E-state index contributed by atoms with van der Waals surface area (Å²) in [7, 11) is 0. The number of benzene rings is 2. The minimum Gasteiger partial charge on any atom is -0.494 e. The third-order valence-corrected chi connectivity index (χ3v) is 5.29. The van der Waals surface area contributed by atoms with Crippen molar-refractivity contribution < 1.29 is 14.3 Å². The normalized spacial score (nSPS) is 18.5. The van der Waals surface area contributed by atoms with Crippen LogP contribution in [0.2, 0.25) is 0 Å². The van der Waals surface area contributed by atoms with Crippen LogP contribution in [-0.2, 0) is 4.79 Å². The van der Waals surface area contributed by atoms with Crippen LogP contribution < -0.4 is 20.3 Å². The van der Waals surface area contributed by atoms with Gasteiger partial charge in [0.2, 0.25) is 5.91 Å². The van der Waals surface area contributed by atoms with E-state index in [0.29, 0.717) is 19.5 Å². The van der Waals surface area contributed by atoms with E-state index in [1.54, 1.807) is 4.90 Å². The summed E-state index contributed by atoms with van der Waals surface area (Å²) in [4.78, 5) is 25.9. The number of hydrogen-bond donors (Lipinski definition) is 2. The summed E-state index contributed by atoms with van der Waals surface area (Å²) < 4.78 is 5.74. The molecule has 2 heterocycles. The van der Waals surface area contributed by atoms with Crippen molar-refractivity contribution in [1.82, 2.24) is 5.32 Å². The standard InChI is InChI=1S/C22H25N3O3/c1-2-3-12-28-17-7-4-15(5-8-17)19-14-21(26)24-20-13-16(6-9-18(19)20)25-11-10-23-22(25)27/h4-9,13,19H,2-3,10-12,14H2,1H3,(H,23,27)(H,24,26)/t19-/m1/s1. The van der Waals surface area contributed by atoms with Crippen molar-refractivity contribution in [3.05, 3.63) is 53.6 Å². The minimum absolute atomic E-state index is 0.00473. The van der Waals surface area contributed by atoms with Crippen molar-refractivity contribution in [2.75, 3.05) is 29.9 Å². The van der Waals surface area contributed by atoms with Crippen LogP contribution in [0.15, 0.2) is 42.5 Å². The molecule has 6 heteroatoms. The molecule has 6 nitrogen and oxygen atoms in total. The van der Waals surface area contributed by atoms with Gasteiger partial charge in [-0.15, -0.1) is 0 Å². The summed E-state index contributed by atoms with van der Waals surface area (Å²) in [5.41, 5.74) is 3.74. The molecular formula is C22H25N3O3. The second kappa shape index (κ2) is 7.92. The molecule has 0 unspecified atom stereocenters. The van der Waals surface area contributed by atoms with Gasteiger partial charge in [-0.2, -0.15) is 0 Å². The number of ether oxygens (including phenoxy) is 1. The number of nitrogens with zero attached hydrogens (tertiary/aromatic N) is 1. The average molecular weight is 379 g/mol. The Hall–Kier alpha value is -3.02. The molecule has 2 aromatic carbocycles. The van der Waals surface area contributed by atoms with E-state index in [4.69, 9.17) is 4.74 Å². The summed E-state index contributed by atoms with van der Waals surface area (Å²) >= 11 is 0. The number of urea groups is 1. The fourth-order valence-electron chi connectivity index (χ4n) is 3.77. The maximum atomic E-state index is 12.3. The monoisotopic (exact) mass is 379 g/mol. The maximum absolute atomic E-state index is 12.3. The molecule has 0 radical (unpaired) electrons. The molecule has 2 N–H and O–H groups in total. The predicted molar refractivity (Wildman–Crippen MR) is 109 cm³/mol. The van der Waals surface area contributed by atoms with Gasteiger partial charge in [-0.3, -0.25) is 9.69 Å². The Morgan fingerprint density at radius 2 is 1.96 bits per heavy atom. The molecule has 0 saturated carbocycles. The van der Waals surface area contributed by atoms with Crippen molar-refractivity contribution in [2.24, 2.45) is 0 Å². The van der Waals surface area contributed by atoms with Gasteiger partial charge in [-0.25, -0.2) is 4.79 Å². The summed E-state index contributed by atoms with van der Waals surface area (Å²) in [6.45, 7) is 4.13. The highest BCUT2D eigenvalue weighted by Gasteiger charge is 2.28. The van der Waals surface area contributed by atoms with Gasteiger partial charge in [-0.05, 0) is 41.8 Å². The maximum Gasteiger partial charge on any atom is 0.321 e. The van der Waals surface area contributed by atoms with Crippen molar-refractivity contribution >= 4 is 23.3 Å². The lowest BCUT2D eigenvalue weighted by molar-refractivity contribution is -0.116. The zero-order chi connectivity index (χ0) is 19.5. The first kappa shape index (κ1) is 18.3. The van der Waals surface area contributed by atoms with E-state index in [2.05, 4.69) is 17.6 Å². The number of hydrogen-bond acceptors (Lipinski definition) is 3. The Labute approximate surface area is 164 Å². The van der Waals surface area contributed by atoms with Gasteiger partial charge >= 0.3 is 6.03 Å². The number of anilines is 2. The Bertz CT molecular complexity index is 879. The SMILES string of the molecule is CCCCOc1ccc([C@H]2CC(=O)Nc3cc(N4CCNC4=O)ccc32)cc1. The molecule has 0 spiro atoms. The Morgan fingerprint density at radius 3 is 2.68 bits per heavy atom. The van der Waals surface area contributed by atoms with Crippen LogP contribution in [0, 0.1) is 0 Å². The number of unbranched alkanes of at least 4 members (excludes halogenated alkanes) is 1. The van der Waals surface area contributed by atoms with E-state index < -0.39 is 0 Å². The third kappa shape index (κ3) is 3.67.